The average molecular weight is 438 g/mol. The second kappa shape index (κ2) is 7.61. The number of halogens is 2. The molecule has 1 saturated heterocycles. The van der Waals surface area contributed by atoms with Gasteiger partial charge in [0, 0.05) is 0 Å². The van der Waals surface area contributed by atoms with Crippen LogP contribution in [0.2, 0.25) is 5.02 Å². The largest absolute Gasteiger partial charge is 0.478 e. The summed E-state index contributed by atoms with van der Waals surface area (Å²) in [6.07, 6.45) is 3.43. The summed E-state index contributed by atoms with van der Waals surface area (Å²) in [6, 6.07) is 3.30. The lowest BCUT2D eigenvalue weighted by molar-refractivity contribution is -0.132. The molecule has 1 spiro atoms. The molecule has 0 radical (unpaired) electrons. The summed E-state index contributed by atoms with van der Waals surface area (Å²) in [4.78, 5) is 11.7. The molecule has 1 atom stereocenters. The third kappa shape index (κ3) is 4.16. The Labute approximate surface area is 164 Å². The van der Waals surface area contributed by atoms with Crippen LogP contribution >= 0.6 is 35.1 Å². The molecule has 0 saturated carbocycles. The van der Waals surface area contributed by atoms with Gasteiger partial charge in [0.05, 0.1) is 20.4 Å². The smallest absolute Gasteiger partial charge is 0.332 e. The second-order valence-corrected chi connectivity index (χ2v) is 11.4. The van der Waals surface area contributed by atoms with E-state index in [9.17, 15) is 22.7 Å². The zero-order chi connectivity index (χ0) is 18.9. The van der Waals surface area contributed by atoms with E-state index in [4.69, 9.17) is 11.6 Å². The molecule has 10 heteroatoms. The van der Waals surface area contributed by atoms with E-state index >= 15 is 0 Å². The summed E-state index contributed by atoms with van der Waals surface area (Å²) in [5, 5.41) is 8.32. The van der Waals surface area contributed by atoms with Crippen molar-refractivity contribution >= 4 is 56.8 Å². The van der Waals surface area contributed by atoms with Gasteiger partial charge >= 0.3 is 5.97 Å². The van der Waals surface area contributed by atoms with Crippen LogP contribution in [0.1, 0.15) is 19.3 Å². The molecule has 1 fully saturated rings. The molecule has 142 valence electrons. The highest BCUT2D eigenvalue weighted by atomic mass is 35.5. The van der Waals surface area contributed by atoms with Gasteiger partial charge in [-0.25, -0.2) is 17.6 Å². The number of rotatable bonds is 4. The van der Waals surface area contributed by atoms with Gasteiger partial charge in [-0.3, -0.25) is 4.72 Å². The predicted molar refractivity (Wildman–Crippen MR) is 105 cm³/mol. The third-order valence-corrected chi connectivity index (χ3v) is 9.63. The lowest BCUT2D eigenvalue weighted by Crippen LogP contribution is -2.39. The Hall–Kier alpha value is -0.900. The van der Waals surface area contributed by atoms with Crippen molar-refractivity contribution < 1.29 is 22.7 Å². The number of benzene rings is 1. The highest BCUT2D eigenvalue weighted by molar-refractivity contribution is 8.19. The Bertz CT molecular complexity index is 853. The fraction of sp³-hybridized carbons (Fsp3) is 0.438. The molecule has 3 rings (SSSR count). The monoisotopic (exact) mass is 437 g/mol. The van der Waals surface area contributed by atoms with E-state index in [1.165, 1.54) is 6.07 Å². The summed E-state index contributed by atoms with van der Waals surface area (Å²) in [6.45, 7) is 0. The fourth-order valence-electron chi connectivity index (χ4n) is 3.03. The minimum absolute atomic E-state index is 0.0273. The molecular weight excluding hydrogens is 421 g/mol. The highest BCUT2D eigenvalue weighted by Crippen LogP contribution is 2.50. The Balaban J connectivity index is 1.91. The molecule has 0 aromatic heterocycles. The molecule has 5 nitrogen and oxygen atoms in total. The van der Waals surface area contributed by atoms with Gasteiger partial charge in [0.1, 0.15) is 11.1 Å². The molecule has 0 amide bonds. The number of carboxylic acid groups (broad SMARTS) is 1. The average Bonchev–Trinajstić information content (AvgIpc) is 2.58. The van der Waals surface area contributed by atoms with E-state index in [1.807, 2.05) is 0 Å². The van der Waals surface area contributed by atoms with Crippen LogP contribution in [-0.2, 0) is 14.8 Å². The SMILES string of the molecule is O=C(O)C1=CC2(CCC1S(=O)(=O)Nc1ccc(F)cc1Cl)SCCCS2. The van der Waals surface area contributed by atoms with Crippen LogP contribution < -0.4 is 4.72 Å². The van der Waals surface area contributed by atoms with Crippen LogP contribution in [0.3, 0.4) is 0 Å². The topological polar surface area (TPSA) is 83.5 Å². The van der Waals surface area contributed by atoms with Crippen LogP contribution in [0.5, 0.6) is 0 Å². The van der Waals surface area contributed by atoms with Gasteiger partial charge in [-0.05, 0) is 55.0 Å². The van der Waals surface area contributed by atoms with Gasteiger partial charge in [0.2, 0.25) is 10.0 Å². The molecule has 1 aliphatic heterocycles. The summed E-state index contributed by atoms with van der Waals surface area (Å²) in [5.41, 5.74) is -0.0941. The number of aliphatic carboxylic acids is 1. The Morgan fingerprint density at radius 1 is 1.35 bits per heavy atom. The van der Waals surface area contributed by atoms with Gasteiger partial charge in [-0.15, -0.1) is 23.5 Å². The molecule has 1 aromatic rings. The van der Waals surface area contributed by atoms with Crippen molar-refractivity contribution in [2.75, 3.05) is 16.2 Å². The highest BCUT2D eigenvalue weighted by Gasteiger charge is 2.44. The lowest BCUT2D eigenvalue weighted by Gasteiger charge is -2.38. The number of carbonyl (C=O) groups is 1. The number of carboxylic acids is 1. The molecule has 2 aliphatic rings. The van der Waals surface area contributed by atoms with Crippen LogP contribution in [-0.4, -0.2) is 40.3 Å². The maximum absolute atomic E-state index is 13.2. The van der Waals surface area contributed by atoms with Gasteiger partial charge in [0.15, 0.2) is 0 Å². The maximum Gasteiger partial charge on any atom is 0.332 e. The number of nitrogens with one attached hydrogen (secondary N) is 1. The molecule has 1 unspecified atom stereocenters. The van der Waals surface area contributed by atoms with E-state index < -0.39 is 27.1 Å². The summed E-state index contributed by atoms with van der Waals surface area (Å²) in [7, 11) is -4.05. The molecule has 0 bridgehead atoms. The number of anilines is 1. The van der Waals surface area contributed by atoms with E-state index in [-0.39, 0.29) is 26.8 Å². The van der Waals surface area contributed by atoms with Crippen LogP contribution in [0.25, 0.3) is 0 Å². The molecule has 26 heavy (non-hydrogen) atoms. The lowest BCUT2D eigenvalue weighted by atomic mass is 9.98. The first-order chi connectivity index (χ1) is 12.2. The second-order valence-electron chi connectivity index (χ2n) is 6.07. The van der Waals surface area contributed by atoms with E-state index in [2.05, 4.69) is 4.72 Å². The van der Waals surface area contributed by atoms with Crippen molar-refractivity contribution in [2.45, 2.75) is 28.6 Å². The zero-order valence-electron chi connectivity index (χ0n) is 13.6. The predicted octanol–water partition coefficient (Wildman–Crippen LogP) is 3.96. The molecule has 1 heterocycles. The normalized spacial score (nSPS) is 22.7. The van der Waals surface area contributed by atoms with Gasteiger partial charge < -0.3 is 5.11 Å². The van der Waals surface area contributed by atoms with Crippen LogP contribution in [0, 0.1) is 5.82 Å². The van der Waals surface area contributed by atoms with Crippen molar-refractivity contribution in [3.8, 4) is 0 Å². The van der Waals surface area contributed by atoms with Crippen molar-refractivity contribution in [1.29, 1.82) is 0 Å². The Morgan fingerprint density at radius 2 is 2.04 bits per heavy atom. The summed E-state index contributed by atoms with van der Waals surface area (Å²) >= 11 is 9.23. The maximum atomic E-state index is 13.2. The first-order valence-electron chi connectivity index (χ1n) is 7.93. The Kier molecular flexibility index (Phi) is 5.81. The molecule has 1 aliphatic carbocycles. The first kappa shape index (κ1) is 19.9. The van der Waals surface area contributed by atoms with Gasteiger partial charge in [-0.1, -0.05) is 11.6 Å². The standard InChI is InChI=1S/C16H17ClFNO4S3/c17-12-8-10(18)2-3-13(12)19-26(22,23)14-4-5-16(9-11(14)15(20)21)24-6-1-7-25-16/h2-3,8-9,14,19H,1,4-7H2,(H,20,21). The number of hydrogen-bond acceptors (Lipinski definition) is 5. The number of hydrogen-bond donors (Lipinski definition) is 2. The van der Waals surface area contributed by atoms with Gasteiger partial charge in [0.25, 0.3) is 0 Å². The quantitative estimate of drug-likeness (QED) is 0.741. The molecule has 2 N–H and O–H groups in total. The number of thioether (sulfide) groups is 2. The number of sulfonamides is 1. The first-order valence-corrected chi connectivity index (χ1v) is 11.8. The summed E-state index contributed by atoms with van der Waals surface area (Å²) in [5.74, 6) is 0.0283. The summed E-state index contributed by atoms with van der Waals surface area (Å²) < 4.78 is 40.7. The molecular formula is C16H17ClFNO4S3. The molecule has 1 aromatic carbocycles. The van der Waals surface area contributed by atoms with Crippen LogP contribution in [0.15, 0.2) is 29.8 Å². The van der Waals surface area contributed by atoms with E-state index in [1.54, 1.807) is 29.6 Å². The van der Waals surface area contributed by atoms with Crippen molar-refractivity contribution in [3.63, 3.8) is 0 Å². The van der Waals surface area contributed by atoms with E-state index in [0.29, 0.717) is 6.42 Å². The minimum Gasteiger partial charge on any atom is -0.478 e. The van der Waals surface area contributed by atoms with Crippen molar-refractivity contribution in [1.82, 2.24) is 0 Å². The van der Waals surface area contributed by atoms with Crippen molar-refractivity contribution in [3.05, 3.63) is 40.7 Å². The van der Waals surface area contributed by atoms with Gasteiger partial charge in [-0.2, -0.15) is 0 Å². The third-order valence-electron chi connectivity index (χ3n) is 4.26. The van der Waals surface area contributed by atoms with Crippen LogP contribution in [0.4, 0.5) is 10.1 Å². The fourth-order valence-corrected chi connectivity index (χ4v) is 8.08. The van der Waals surface area contributed by atoms with Crippen molar-refractivity contribution in [2.24, 2.45) is 0 Å². The van der Waals surface area contributed by atoms with E-state index in [0.717, 1.165) is 30.1 Å². The minimum atomic E-state index is -4.05. The Morgan fingerprint density at radius 3 is 2.65 bits per heavy atom. The zero-order valence-corrected chi connectivity index (χ0v) is 16.8.